The third-order valence-corrected chi connectivity index (χ3v) is 4.49. The first-order chi connectivity index (χ1) is 11.8. The molecule has 25 heavy (non-hydrogen) atoms. The lowest BCUT2D eigenvalue weighted by atomic mass is 9.91. The summed E-state index contributed by atoms with van der Waals surface area (Å²) in [7, 11) is 0. The normalized spacial score (nSPS) is 16.7. The van der Waals surface area contributed by atoms with Gasteiger partial charge in [0.15, 0.2) is 11.3 Å². The molecule has 132 valence electrons. The number of likely N-dealkylation sites (tertiary alicyclic amines) is 1. The smallest absolute Gasteiger partial charge is 0.335 e. The van der Waals surface area contributed by atoms with E-state index < -0.39 is 11.6 Å². The zero-order chi connectivity index (χ0) is 18.2. The number of carbonyl (C=O) groups is 2. The zero-order valence-electron chi connectivity index (χ0n) is 13.6. The van der Waals surface area contributed by atoms with E-state index in [1.54, 1.807) is 25.3 Å². The number of rotatable bonds is 3. The van der Waals surface area contributed by atoms with Crippen molar-refractivity contribution in [1.29, 1.82) is 0 Å². The average molecular weight is 347 g/mol. The maximum Gasteiger partial charge on any atom is 0.335 e. The second kappa shape index (κ2) is 6.29. The van der Waals surface area contributed by atoms with Crippen LogP contribution in [0, 0.1) is 12.7 Å². The molecule has 1 aliphatic heterocycles. The van der Waals surface area contributed by atoms with Crippen LogP contribution in [0.1, 0.15) is 28.9 Å². The highest BCUT2D eigenvalue weighted by Gasteiger charge is 2.40. The number of aryl methyl sites for hydroxylation is 1. The van der Waals surface area contributed by atoms with Crippen LogP contribution in [-0.4, -0.2) is 55.5 Å². The van der Waals surface area contributed by atoms with Crippen LogP contribution in [0.4, 0.5) is 4.39 Å². The van der Waals surface area contributed by atoms with Crippen LogP contribution in [0.25, 0.3) is 5.69 Å². The van der Waals surface area contributed by atoms with E-state index >= 15 is 0 Å². The molecule has 0 aliphatic carbocycles. The standard InChI is InChI=1S/C17H18FN3O4/c1-11-10-12(18)2-3-14(11)21-7-4-13(19-21)15(22)20-8-5-17(25,6-9-20)16(23)24/h2-4,7,10,25H,5-6,8-9H2,1H3,(H,23,24). The van der Waals surface area contributed by atoms with E-state index in [0.717, 1.165) is 0 Å². The monoisotopic (exact) mass is 347 g/mol. The van der Waals surface area contributed by atoms with E-state index in [-0.39, 0.29) is 43.3 Å². The summed E-state index contributed by atoms with van der Waals surface area (Å²) in [6, 6.07) is 5.85. The first kappa shape index (κ1) is 17.1. The number of carboxylic acids is 1. The van der Waals surface area contributed by atoms with Gasteiger partial charge in [0.1, 0.15) is 5.82 Å². The van der Waals surface area contributed by atoms with Crippen LogP contribution in [0.15, 0.2) is 30.5 Å². The molecule has 2 heterocycles. The molecule has 0 radical (unpaired) electrons. The van der Waals surface area contributed by atoms with Crippen LogP contribution >= 0.6 is 0 Å². The van der Waals surface area contributed by atoms with Crippen molar-refractivity contribution in [3.8, 4) is 5.69 Å². The van der Waals surface area contributed by atoms with Crippen LogP contribution in [0.3, 0.4) is 0 Å². The Labute approximate surface area is 143 Å². The second-order valence-electron chi connectivity index (χ2n) is 6.21. The number of carboxylic acid groups (broad SMARTS) is 1. The lowest BCUT2D eigenvalue weighted by Crippen LogP contribution is -2.50. The molecule has 0 bridgehead atoms. The molecule has 1 aliphatic rings. The summed E-state index contributed by atoms with van der Waals surface area (Å²) < 4.78 is 14.7. The van der Waals surface area contributed by atoms with Crippen LogP contribution in [0.5, 0.6) is 0 Å². The third kappa shape index (κ3) is 3.25. The van der Waals surface area contributed by atoms with Gasteiger partial charge in [-0.15, -0.1) is 0 Å². The van der Waals surface area contributed by atoms with E-state index in [1.165, 1.54) is 21.7 Å². The van der Waals surface area contributed by atoms with Crippen molar-refractivity contribution >= 4 is 11.9 Å². The van der Waals surface area contributed by atoms with Gasteiger partial charge in [0.05, 0.1) is 5.69 Å². The highest BCUT2D eigenvalue weighted by molar-refractivity contribution is 5.92. The number of carbonyl (C=O) groups excluding carboxylic acids is 1. The molecule has 0 unspecified atom stereocenters. The molecule has 1 fully saturated rings. The van der Waals surface area contributed by atoms with E-state index in [2.05, 4.69) is 5.10 Å². The Kier molecular flexibility index (Phi) is 4.30. The number of hydrogen-bond donors (Lipinski definition) is 2. The first-order valence-corrected chi connectivity index (χ1v) is 7.87. The molecule has 1 aromatic carbocycles. The predicted octanol–water partition coefficient (Wildman–Crippen LogP) is 1.37. The van der Waals surface area contributed by atoms with Gasteiger partial charge >= 0.3 is 5.97 Å². The Morgan fingerprint density at radius 2 is 1.92 bits per heavy atom. The Morgan fingerprint density at radius 1 is 1.24 bits per heavy atom. The molecule has 1 saturated heterocycles. The van der Waals surface area contributed by atoms with Crippen LogP contribution in [-0.2, 0) is 4.79 Å². The first-order valence-electron chi connectivity index (χ1n) is 7.87. The van der Waals surface area contributed by atoms with Crippen molar-refractivity contribution in [3.05, 3.63) is 47.5 Å². The van der Waals surface area contributed by atoms with E-state index in [0.29, 0.717) is 11.3 Å². The Hall–Kier alpha value is -2.74. The van der Waals surface area contributed by atoms with Gasteiger partial charge < -0.3 is 15.1 Å². The minimum absolute atomic E-state index is 0.0220. The van der Waals surface area contributed by atoms with Gasteiger partial charge in [-0.2, -0.15) is 5.10 Å². The number of benzene rings is 1. The predicted molar refractivity (Wildman–Crippen MR) is 86.0 cm³/mol. The summed E-state index contributed by atoms with van der Waals surface area (Å²) in [5.41, 5.74) is -0.211. The fourth-order valence-corrected chi connectivity index (χ4v) is 2.90. The number of nitrogens with zero attached hydrogens (tertiary/aromatic N) is 3. The zero-order valence-corrected chi connectivity index (χ0v) is 13.6. The molecular weight excluding hydrogens is 329 g/mol. The number of hydrogen-bond acceptors (Lipinski definition) is 4. The van der Waals surface area contributed by atoms with Crippen molar-refractivity contribution in [2.75, 3.05) is 13.1 Å². The highest BCUT2D eigenvalue weighted by Crippen LogP contribution is 2.23. The summed E-state index contributed by atoms with van der Waals surface area (Å²) in [6.45, 7) is 2.03. The fourth-order valence-electron chi connectivity index (χ4n) is 2.90. The van der Waals surface area contributed by atoms with Gasteiger partial charge in [0.2, 0.25) is 0 Å². The van der Waals surface area contributed by atoms with Crippen LogP contribution in [0.2, 0.25) is 0 Å². The summed E-state index contributed by atoms with van der Waals surface area (Å²) in [5, 5.41) is 23.2. The maximum atomic E-state index is 13.2. The Balaban J connectivity index is 1.74. The minimum atomic E-state index is -1.78. The number of aliphatic hydroxyl groups is 1. The molecule has 0 saturated carbocycles. The summed E-state index contributed by atoms with van der Waals surface area (Å²) in [5.74, 6) is -1.94. The number of amides is 1. The summed E-state index contributed by atoms with van der Waals surface area (Å²) in [4.78, 5) is 25.0. The molecular formula is C17H18FN3O4. The minimum Gasteiger partial charge on any atom is -0.479 e. The SMILES string of the molecule is Cc1cc(F)ccc1-n1ccc(C(=O)N2CCC(O)(C(=O)O)CC2)n1. The van der Waals surface area contributed by atoms with E-state index in [4.69, 9.17) is 5.11 Å². The molecule has 2 N–H and O–H groups in total. The van der Waals surface area contributed by atoms with Crippen molar-refractivity contribution < 1.29 is 24.2 Å². The quantitative estimate of drug-likeness (QED) is 0.874. The number of aliphatic carboxylic acids is 1. The van der Waals surface area contributed by atoms with Gasteiger partial charge in [-0.3, -0.25) is 4.79 Å². The Morgan fingerprint density at radius 3 is 2.52 bits per heavy atom. The molecule has 7 nitrogen and oxygen atoms in total. The molecule has 0 spiro atoms. The van der Waals surface area contributed by atoms with Crippen LogP contribution < -0.4 is 0 Å². The third-order valence-electron chi connectivity index (χ3n) is 4.49. The average Bonchev–Trinajstić information content (AvgIpc) is 3.04. The van der Waals surface area contributed by atoms with Crippen molar-refractivity contribution in [2.24, 2.45) is 0 Å². The van der Waals surface area contributed by atoms with Crippen molar-refractivity contribution in [3.63, 3.8) is 0 Å². The van der Waals surface area contributed by atoms with Crippen molar-refractivity contribution in [2.45, 2.75) is 25.4 Å². The molecule has 1 amide bonds. The number of piperidine rings is 1. The van der Waals surface area contributed by atoms with E-state index in [1.807, 2.05) is 0 Å². The van der Waals surface area contributed by atoms with Gasteiger partial charge in [-0.25, -0.2) is 13.9 Å². The fraction of sp³-hybridized carbons (Fsp3) is 0.353. The maximum absolute atomic E-state index is 13.2. The lowest BCUT2D eigenvalue weighted by Gasteiger charge is -2.34. The highest BCUT2D eigenvalue weighted by atomic mass is 19.1. The molecule has 2 aromatic rings. The molecule has 1 aromatic heterocycles. The number of aromatic nitrogens is 2. The summed E-state index contributed by atoms with van der Waals surface area (Å²) >= 11 is 0. The van der Waals surface area contributed by atoms with E-state index in [9.17, 15) is 19.1 Å². The van der Waals surface area contributed by atoms with Gasteiger partial charge in [-0.05, 0) is 36.8 Å². The van der Waals surface area contributed by atoms with Gasteiger partial charge in [0.25, 0.3) is 5.91 Å². The van der Waals surface area contributed by atoms with Gasteiger partial charge in [0, 0.05) is 32.1 Å². The second-order valence-corrected chi connectivity index (χ2v) is 6.21. The Bertz CT molecular complexity index is 825. The summed E-state index contributed by atoms with van der Waals surface area (Å²) in [6.07, 6.45) is 1.57. The molecule has 8 heteroatoms. The van der Waals surface area contributed by atoms with Gasteiger partial charge in [-0.1, -0.05) is 0 Å². The molecule has 0 atom stereocenters. The largest absolute Gasteiger partial charge is 0.479 e. The van der Waals surface area contributed by atoms with Crippen molar-refractivity contribution in [1.82, 2.24) is 14.7 Å². The number of halogens is 1. The lowest BCUT2D eigenvalue weighted by molar-refractivity contribution is -0.162. The molecule has 3 rings (SSSR count). The topological polar surface area (TPSA) is 95.7 Å².